The molecule has 0 N–H and O–H groups in total. The van der Waals surface area contributed by atoms with Gasteiger partial charge in [0.25, 0.3) is 0 Å². The SMILES string of the molecule is [Ni+2].c1ccc2c(CCc3nccc4ccccc34)nccc2c1.c1ccc2c(CCc3nccc4ccccc34)nccc2c1. The Kier molecular flexibility index (Phi) is 9.48. The molecule has 220 valence electrons. The Morgan fingerprint density at radius 2 is 0.511 bits per heavy atom. The van der Waals surface area contributed by atoms with Gasteiger partial charge in [0.05, 0.1) is 0 Å². The van der Waals surface area contributed by atoms with Crippen LogP contribution in [0.5, 0.6) is 0 Å². The van der Waals surface area contributed by atoms with Gasteiger partial charge in [-0.25, -0.2) is 0 Å². The second kappa shape index (κ2) is 14.2. The summed E-state index contributed by atoms with van der Waals surface area (Å²) in [7, 11) is 0. The van der Waals surface area contributed by atoms with Crippen LogP contribution in [-0.4, -0.2) is 19.9 Å². The molecule has 8 aromatic rings. The van der Waals surface area contributed by atoms with Crippen molar-refractivity contribution >= 4 is 43.1 Å². The van der Waals surface area contributed by atoms with Crippen molar-refractivity contribution in [3.63, 3.8) is 0 Å². The molecule has 0 atom stereocenters. The number of aromatic nitrogens is 4. The van der Waals surface area contributed by atoms with Crippen molar-refractivity contribution in [1.82, 2.24) is 19.9 Å². The van der Waals surface area contributed by atoms with Crippen LogP contribution < -0.4 is 0 Å². The van der Waals surface area contributed by atoms with Gasteiger partial charge < -0.3 is 0 Å². The molecule has 0 aliphatic carbocycles. The standard InChI is InChI=1S/2C20H16N2.Ni/c2*1-3-7-17-15(5-1)11-13-21-19(17)9-10-20-18-8-4-2-6-16(18)12-14-22-20;/h2*1-8,11-14H,9-10H2;/q;;+2. The van der Waals surface area contributed by atoms with E-state index >= 15 is 0 Å². The van der Waals surface area contributed by atoms with Crippen LogP contribution in [0.2, 0.25) is 0 Å². The fourth-order valence-electron chi connectivity index (χ4n) is 6.00. The van der Waals surface area contributed by atoms with Gasteiger partial charge in [0.15, 0.2) is 0 Å². The summed E-state index contributed by atoms with van der Waals surface area (Å²) in [6, 6.07) is 42.0. The Labute approximate surface area is 273 Å². The van der Waals surface area contributed by atoms with Crippen LogP contribution in [0.25, 0.3) is 43.1 Å². The van der Waals surface area contributed by atoms with Crippen LogP contribution in [-0.2, 0) is 42.2 Å². The van der Waals surface area contributed by atoms with Crippen molar-refractivity contribution < 1.29 is 16.5 Å². The van der Waals surface area contributed by atoms with Gasteiger partial charge in [-0.2, -0.15) is 0 Å². The number of rotatable bonds is 6. The van der Waals surface area contributed by atoms with E-state index in [2.05, 4.69) is 141 Å². The maximum atomic E-state index is 4.57. The van der Waals surface area contributed by atoms with Crippen LogP contribution in [0, 0.1) is 0 Å². The van der Waals surface area contributed by atoms with E-state index in [1.54, 1.807) is 0 Å². The van der Waals surface area contributed by atoms with E-state index in [1.807, 2.05) is 24.8 Å². The topological polar surface area (TPSA) is 51.6 Å². The Bertz CT molecular complexity index is 1870. The molecule has 0 radical (unpaired) electrons. The summed E-state index contributed by atoms with van der Waals surface area (Å²) in [4.78, 5) is 18.3. The van der Waals surface area contributed by atoms with E-state index in [1.165, 1.54) is 43.1 Å². The average molecular weight is 627 g/mol. The number of fused-ring (bicyclic) bond motifs is 4. The molecule has 0 saturated carbocycles. The molecule has 0 spiro atoms. The summed E-state index contributed by atoms with van der Waals surface area (Å²) < 4.78 is 0. The molecule has 45 heavy (non-hydrogen) atoms. The predicted molar refractivity (Wildman–Crippen MR) is 182 cm³/mol. The first kappa shape index (κ1) is 30.1. The number of hydrogen-bond donors (Lipinski definition) is 0. The first-order valence-electron chi connectivity index (χ1n) is 15.1. The van der Waals surface area contributed by atoms with Crippen LogP contribution in [0.15, 0.2) is 146 Å². The summed E-state index contributed by atoms with van der Waals surface area (Å²) in [5.74, 6) is 0. The minimum absolute atomic E-state index is 0. The maximum Gasteiger partial charge on any atom is 2.00 e. The number of pyridine rings is 4. The Morgan fingerprint density at radius 3 is 0.756 bits per heavy atom. The molecule has 8 rings (SSSR count). The predicted octanol–water partition coefficient (Wildman–Crippen LogP) is 9.13. The minimum Gasteiger partial charge on any atom is -0.261 e. The van der Waals surface area contributed by atoms with Crippen LogP contribution >= 0.6 is 0 Å². The van der Waals surface area contributed by atoms with Gasteiger partial charge in [-0.3, -0.25) is 19.9 Å². The van der Waals surface area contributed by atoms with Crippen molar-refractivity contribution in [3.05, 3.63) is 169 Å². The molecule has 0 unspecified atom stereocenters. The average Bonchev–Trinajstić information content (AvgIpc) is 3.10. The first-order valence-corrected chi connectivity index (χ1v) is 15.1. The summed E-state index contributed by atoms with van der Waals surface area (Å²) in [6.07, 6.45) is 11.2. The third-order valence-corrected chi connectivity index (χ3v) is 8.22. The molecule has 4 aromatic heterocycles. The zero-order valence-corrected chi connectivity index (χ0v) is 25.8. The normalized spacial score (nSPS) is 10.8. The van der Waals surface area contributed by atoms with E-state index in [9.17, 15) is 0 Å². The number of nitrogens with zero attached hydrogens (tertiary/aromatic N) is 4. The van der Waals surface area contributed by atoms with Crippen LogP contribution in [0.4, 0.5) is 0 Å². The molecule has 0 fully saturated rings. The molecule has 0 saturated heterocycles. The largest absolute Gasteiger partial charge is 2.00 e. The molecular weight excluding hydrogens is 595 g/mol. The van der Waals surface area contributed by atoms with Crippen molar-refractivity contribution in [2.75, 3.05) is 0 Å². The molecule has 0 aliphatic rings. The van der Waals surface area contributed by atoms with E-state index in [0.29, 0.717) is 0 Å². The van der Waals surface area contributed by atoms with Crippen molar-refractivity contribution in [1.29, 1.82) is 0 Å². The first-order chi connectivity index (χ1) is 21.8. The van der Waals surface area contributed by atoms with E-state index in [-0.39, 0.29) is 16.5 Å². The molecule has 5 heteroatoms. The molecular formula is C40H32N4Ni+2. The fourth-order valence-corrected chi connectivity index (χ4v) is 6.00. The summed E-state index contributed by atoms with van der Waals surface area (Å²) >= 11 is 0. The van der Waals surface area contributed by atoms with Gasteiger partial charge in [0.2, 0.25) is 0 Å². The molecule has 4 nitrogen and oxygen atoms in total. The Balaban J connectivity index is 0.000000155. The third kappa shape index (κ3) is 6.75. The van der Waals surface area contributed by atoms with Crippen molar-refractivity contribution in [2.45, 2.75) is 25.7 Å². The molecule has 0 amide bonds. The van der Waals surface area contributed by atoms with E-state index < -0.39 is 0 Å². The maximum absolute atomic E-state index is 4.57. The zero-order chi connectivity index (χ0) is 29.6. The molecule has 0 bridgehead atoms. The van der Waals surface area contributed by atoms with Gasteiger partial charge in [-0.15, -0.1) is 0 Å². The smallest absolute Gasteiger partial charge is 0.261 e. The van der Waals surface area contributed by atoms with E-state index in [0.717, 1.165) is 48.5 Å². The van der Waals surface area contributed by atoms with E-state index in [4.69, 9.17) is 0 Å². The minimum atomic E-state index is 0. The number of aryl methyl sites for hydroxylation is 4. The number of benzene rings is 4. The van der Waals surface area contributed by atoms with Gasteiger partial charge in [0, 0.05) is 69.1 Å². The van der Waals surface area contributed by atoms with Gasteiger partial charge >= 0.3 is 16.5 Å². The molecule has 4 aromatic carbocycles. The second-order valence-electron chi connectivity index (χ2n) is 10.9. The van der Waals surface area contributed by atoms with Gasteiger partial charge in [-0.1, -0.05) is 97.1 Å². The van der Waals surface area contributed by atoms with Crippen LogP contribution in [0.1, 0.15) is 22.8 Å². The van der Waals surface area contributed by atoms with Gasteiger partial charge in [-0.05, 0) is 71.5 Å². The summed E-state index contributed by atoms with van der Waals surface area (Å²) in [6.45, 7) is 0. The van der Waals surface area contributed by atoms with Gasteiger partial charge in [0.1, 0.15) is 0 Å². The fraction of sp³-hybridized carbons (Fsp3) is 0.100. The van der Waals surface area contributed by atoms with Crippen LogP contribution in [0.3, 0.4) is 0 Å². The second-order valence-corrected chi connectivity index (χ2v) is 10.9. The Morgan fingerprint density at radius 1 is 0.289 bits per heavy atom. The summed E-state index contributed by atoms with van der Waals surface area (Å²) in [5.41, 5.74) is 4.58. The monoisotopic (exact) mass is 626 g/mol. The van der Waals surface area contributed by atoms with Crippen molar-refractivity contribution in [3.8, 4) is 0 Å². The summed E-state index contributed by atoms with van der Waals surface area (Å²) in [5, 5.41) is 9.96. The molecule has 0 aliphatic heterocycles. The van der Waals surface area contributed by atoms with Crippen molar-refractivity contribution in [2.24, 2.45) is 0 Å². The zero-order valence-electron chi connectivity index (χ0n) is 24.8. The third-order valence-electron chi connectivity index (χ3n) is 8.22. The Hall–Kier alpha value is -4.99. The number of hydrogen-bond acceptors (Lipinski definition) is 4. The molecule has 4 heterocycles. The quantitative estimate of drug-likeness (QED) is 0.173.